The maximum atomic E-state index is 13.4. The zero-order valence-electron chi connectivity index (χ0n) is 31.2. The van der Waals surface area contributed by atoms with Gasteiger partial charge >= 0.3 is 5.97 Å². The fourth-order valence-corrected chi connectivity index (χ4v) is 6.84. The highest BCUT2D eigenvalue weighted by molar-refractivity contribution is 6.76. The second-order valence-electron chi connectivity index (χ2n) is 15.5. The first-order chi connectivity index (χ1) is 21.6. The van der Waals surface area contributed by atoms with Crippen molar-refractivity contribution in [1.82, 2.24) is 0 Å². The first-order valence-corrected chi connectivity index (χ1v) is 23.1. The standard InChI is InChI=1S/C36H60O9Si2/c1-25(26(2)45-47(13,14)35(3,4)5)18-19-29(37)33-30(43-36(6,7)44-33)17-15-16-27-22-28(40-9)23-31(42-24-39-8)32(27)34(38)41-20-21-46(10,11)12/h15-16,22-23,25-26,29-30,33,37H,17,20-21,24H2,1-14H3/t25-,26+,29?,30-,33+/m0/s1. The van der Waals surface area contributed by atoms with Gasteiger partial charge < -0.3 is 38.0 Å². The van der Waals surface area contributed by atoms with Gasteiger partial charge in [-0.3, -0.25) is 0 Å². The monoisotopic (exact) mass is 692 g/mol. The SMILES string of the molecule is COCOc1cc(OC)cc(C=CC[C@@H]2OC(C)(C)O[C@@H]2C(O)C#C[C@H](C)[C@@H](C)O[Si](C)(C)C(C)(C)C)c1C(=O)OCC[Si](C)(C)C. The van der Waals surface area contributed by atoms with E-state index in [0.29, 0.717) is 30.1 Å². The normalized spacial score (nSPS) is 20.3. The van der Waals surface area contributed by atoms with E-state index in [4.69, 9.17) is 32.8 Å². The van der Waals surface area contributed by atoms with Crippen LogP contribution in [0.15, 0.2) is 18.2 Å². The molecule has 266 valence electrons. The minimum Gasteiger partial charge on any atom is -0.497 e. The van der Waals surface area contributed by atoms with Crippen molar-refractivity contribution in [3.63, 3.8) is 0 Å². The molecule has 1 unspecified atom stereocenters. The molecule has 0 spiro atoms. The van der Waals surface area contributed by atoms with Crippen molar-refractivity contribution in [1.29, 1.82) is 0 Å². The lowest BCUT2D eigenvalue weighted by Crippen LogP contribution is -2.44. The quantitative estimate of drug-likeness (QED) is 0.0866. The number of ether oxygens (including phenoxy) is 6. The average molecular weight is 693 g/mol. The molecule has 9 nitrogen and oxygen atoms in total. The minimum absolute atomic E-state index is 0.0474. The predicted molar refractivity (Wildman–Crippen MR) is 192 cm³/mol. The highest BCUT2D eigenvalue weighted by Crippen LogP contribution is 2.38. The molecule has 1 saturated heterocycles. The molecule has 1 aromatic carbocycles. The number of benzene rings is 1. The van der Waals surface area contributed by atoms with E-state index in [-0.39, 0.29) is 29.4 Å². The summed E-state index contributed by atoms with van der Waals surface area (Å²) in [6.07, 6.45) is 1.77. The zero-order valence-corrected chi connectivity index (χ0v) is 33.2. The number of carbonyl (C=O) groups excluding carboxylic acids is 1. The molecule has 5 atom stereocenters. The molecular weight excluding hydrogens is 633 g/mol. The Balaban J connectivity index is 2.29. The highest BCUT2D eigenvalue weighted by atomic mass is 28.4. The number of carbonyl (C=O) groups is 1. The topological polar surface area (TPSA) is 102 Å². The summed E-state index contributed by atoms with van der Waals surface area (Å²) in [5.74, 6) is 5.55. The van der Waals surface area contributed by atoms with Gasteiger partial charge in [-0.1, -0.05) is 64.4 Å². The van der Waals surface area contributed by atoms with E-state index in [1.54, 1.807) is 19.2 Å². The summed E-state index contributed by atoms with van der Waals surface area (Å²) in [5, 5.41) is 11.3. The molecule has 0 bridgehead atoms. The first kappa shape index (κ1) is 41.0. The molecule has 1 heterocycles. The van der Waals surface area contributed by atoms with Crippen LogP contribution < -0.4 is 9.47 Å². The van der Waals surface area contributed by atoms with E-state index < -0.39 is 46.5 Å². The van der Waals surface area contributed by atoms with E-state index in [9.17, 15) is 9.90 Å². The van der Waals surface area contributed by atoms with E-state index in [1.165, 1.54) is 7.11 Å². The van der Waals surface area contributed by atoms with Crippen LogP contribution >= 0.6 is 0 Å². The molecule has 0 radical (unpaired) electrons. The van der Waals surface area contributed by atoms with Gasteiger partial charge in [-0.25, -0.2) is 4.79 Å². The molecule has 0 aliphatic carbocycles. The van der Waals surface area contributed by atoms with Crippen molar-refractivity contribution in [2.75, 3.05) is 27.6 Å². The number of esters is 1. The van der Waals surface area contributed by atoms with Gasteiger partial charge in [-0.15, -0.1) is 0 Å². The van der Waals surface area contributed by atoms with Crippen LogP contribution in [0.25, 0.3) is 6.08 Å². The van der Waals surface area contributed by atoms with Crippen molar-refractivity contribution in [3.05, 3.63) is 29.3 Å². The molecule has 1 aromatic rings. The lowest BCUT2D eigenvalue weighted by atomic mass is 10.0. The van der Waals surface area contributed by atoms with Crippen molar-refractivity contribution in [2.24, 2.45) is 5.92 Å². The molecule has 0 amide bonds. The largest absolute Gasteiger partial charge is 0.497 e. The van der Waals surface area contributed by atoms with Crippen molar-refractivity contribution >= 4 is 28.4 Å². The second kappa shape index (κ2) is 17.0. The Labute approximate surface area is 285 Å². The molecule has 1 N–H and O–H groups in total. The van der Waals surface area contributed by atoms with Crippen LogP contribution in [0.1, 0.15) is 70.8 Å². The Bertz CT molecular complexity index is 1270. The first-order valence-electron chi connectivity index (χ1n) is 16.5. The smallest absolute Gasteiger partial charge is 0.342 e. The predicted octanol–water partition coefficient (Wildman–Crippen LogP) is 7.51. The molecule has 0 saturated carbocycles. The molecular formula is C36H60O9Si2. The third-order valence-corrected chi connectivity index (χ3v) is 14.9. The van der Waals surface area contributed by atoms with Crippen molar-refractivity contribution in [3.8, 4) is 23.3 Å². The van der Waals surface area contributed by atoms with E-state index in [0.717, 1.165) is 6.04 Å². The Kier molecular flexibility index (Phi) is 14.8. The number of aliphatic hydroxyl groups excluding tert-OH is 1. The van der Waals surface area contributed by atoms with Crippen LogP contribution in [0.3, 0.4) is 0 Å². The van der Waals surface area contributed by atoms with Crippen LogP contribution in [0.2, 0.25) is 43.8 Å². The molecule has 2 rings (SSSR count). The molecule has 1 aliphatic rings. The second-order valence-corrected chi connectivity index (χ2v) is 25.8. The van der Waals surface area contributed by atoms with Crippen LogP contribution in [0.4, 0.5) is 0 Å². The summed E-state index contributed by atoms with van der Waals surface area (Å²) in [7, 11) is -0.308. The summed E-state index contributed by atoms with van der Waals surface area (Å²) in [5.41, 5.74) is 0.845. The third-order valence-electron chi connectivity index (χ3n) is 8.61. The van der Waals surface area contributed by atoms with Gasteiger partial charge in [0.05, 0.1) is 25.9 Å². The van der Waals surface area contributed by atoms with Crippen LogP contribution in [0.5, 0.6) is 11.5 Å². The number of rotatable bonds is 15. The summed E-state index contributed by atoms with van der Waals surface area (Å²) < 4.78 is 40.9. The van der Waals surface area contributed by atoms with Gasteiger partial charge in [0.2, 0.25) is 0 Å². The molecule has 47 heavy (non-hydrogen) atoms. The maximum Gasteiger partial charge on any atom is 0.342 e. The zero-order chi connectivity index (χ0) is 35.8. The lowest BCUT2D eigenvalue weighted by Gasteiger charge is -2.39. The number of hydrogen-bond acceptors (Lipinski definition) is 9. The van der Waals surface area contributed by atoms with Crippen LogP contribution in [0, 0.1) is 17.8 Å². The van der Waals surface area contributed by atoms with Gasteiger partial charge in [0, 0.05) is 27.2 Å². The maximum absolute atomic E-state index is 13.4. The summed E-state index contributed by atoms with van der Waals surface area (Å²) >= 11 is 0. The fraction of sp³-hybridized carbons (Fsp3) is 0.694. The molecule has 11 heteroatoms. The van der Waals surface area contributed by atoms with Gasteiger partial charge in [0.1, 0.15) is 29.3 Å². The minimum atomic E-state index is -1.96. The van der Waals surface area contributed by atoms with Gasteiger partial charge in [0.15, 0.2) is 20.9 Å². The van der Waals surface area contributed by atoms with Gasteiger partial charge in [-0.2, -0.15) is 0 Å². The van der Waals surface area contributed by atoms with Crippen molar-refractivity contribution in [2.45, 2.75) is 129 Å². The summed E-state index contributed by atoms with van der Waals surface area (Å²) in [6, 6.07) is 4.25. The number of hydrogen-bond donors (Lipinski definition) is 1. The van der Waals surface area contributed by atoms with E-state index in [1.807, 2.05) is 39.8 Å². The lowest BCUT2D eigenvalue weighted by molar-refractivity contribution is -0.151. The molecule has 1 fully saturated rings. The Morgan fingerprint density at radius 3 is 2.32 bits per heavy atom. The summed E-state index contributed by atoms with van der Waals surface area (Å²) in [4.78, 5) is 13.4. The number of methoxy groups -OCH3 is 2. The van der Waals surface area contributed by atoms with Crippen molar-refractivity contribution < 1.29 is 42.7 Å². The van der Waals surface area contributed by atoms with Crippen LogP contribution in [-0.4, -0.2) is 85.3 Å². The number of aliphatic hydroxyl groups is 1. The Morgan fingerprint density at radius 2 is 1.74 bits per heavy atom. The van der Waals surface area contributed by atoms with Gasteiger partial charge in [-0.05, 0) is 69.9 Å². The molecule has 1 aliphatic heterocycles. The van der Waals surface area contributed by atoms with E-state index in [2.05, 4.69) is 65.3 Å². The third kappa shape index (κ3) is 12.7. The Morgan fingerprint density at radius 1 is 1.09 bits per heavy atom. The summed E-state index contributed by atoms with van der Waals surface area (Å²) in [6.45, 7) is 25.7. The van der Waals surface area contributed by atoms with E-state index >= 15 is 0 Å². The van der Waals surface area contributed by atoms with Crippen LogP contribution in [-0.2, 0) is 23.4 Å². The average Bonchev–Trinajstić information content (AvgIpc) is 3.26. The highest BCUT2D eigenvalue weighted by Gasteiger charge is 2.44. The molecule has 0 aromatic heterocycles. The Hall–Kier alpha value is -2.18. The van der Waals surface area contributed by atoms with Gasteiger partial charge in [0.25, 0.3) is 0 Å². The fourth-order valence-electron chi connectivity index (χ4n) is 4.64.